The molecular formula is C8H18O4. The molecule has 2 N–H and O–H groups in total. The number of hydrogen-bond donors (Lipinski definition) is 2. The number of aliphatic carboxylic acids is 1. The van der Waals surface area contributed by atoms with Crippen LogP contribution in [0.4, 0.5) is 0 Å². The fourth-order valence-corrected chi connectivity index (χ4v) is 0.398. The Bertz CT molecular complexity index is 97.2. The summed E-state index contributed by atoms with van der Waals surface area (Å²) in [5.41, 5.74) is 0. The van der Waals surface area contributed by atoms with Gasteiger partial charge < -0.3 is 14.9 Å². The number of aliphatic hydroxyl groups is 1. The van der Waals surface area contributed by atoms with Gasteiger partial charge in [0.25, 0.3) is 5.97 Å². The minimum absolute atomic E-state index is 0.221. The molecule has 1 atom stereocenters. The molecule has 0 rings (SSSR count). The minimum Gasteiger partial charge on any atom is -0.481 e. The molecule has 1 unspecified atom stereocenters. The largest absolute Gasteiger partial charge is 0.481 e. The third kappa shape index (κ3) is 34.3. The van der Waals surface area contributed by atoms with Crippen molar-refractivity contribution in [3.63, 3.8) is 0 Å². The first-order valence-electron chi connectivity index (χ1n) is 3.96. The van der Waals surface area contributed by atoms with Crippen molar-refractivity contribution < 1.29 is 19.7 Å². The highest BCUT2D eigenvalue weighted by molar-refractivity contribution is 5.62. The lowest BCUT2D eigenvalue weighted by atomic mass is 10.3. The van der Waals surface area contributed by atoms with E-state index in [0.29, 0.717) is 6.61 Å². The summed E-state index contributed by atoms with van der Waals surface area (Å²) in [7, 11) is 0. The predicted molar refractivity (Wildman–Crippen MR) is 46.1 cm³/mol. The Morgan fingerprint density at radius 2 is 2.00 bits per heavy atom. The number of aliphatic hydroxyl groups excluding tert-OH is 1. The number of carbonyl (C=O) groups is 1. The zero-order valence-electron chi connectivity index (χ0n) is 7.91. The van der Waals surface area contributed by atoms with Crippen molar-refractivity contribution in [2.45, 2.75) is 33.3 Å². The van der Waals surface area contributed by atoms with Gasteiger partial charge in [0.05, 0.1) is 6.10 Å². The summed E-state index contributed by atoms with van der Waals surface area (Å²) in [5, 5.41) is 16.1. The molecule has 0 aromatic carbocycles. The minimum atomic E-state index is -0.833. The van der Waals surface area contributed by atoms with E-state index in [0.717, 1.165) is 20.0 Å². The van der Waals surface area contributed by atoms with Crippen LogP contribution < -0.4 is 0 Å². The fraction of sp³-hybridized carbons (Fsp3) is 0.875. The molecule has 0 aromatic rings. The predicted octanol–water partition coefficient (Wildman–Crippen LogP) is 0.885. The van der Waals surface area contributed by atoms with Gasteiger partial charge in [0.2, 0.25) is 0 Å². The molecule has 0 aromatic heterocycles. The van der Waals surface area contributed by atoms with Crippen molar-refractivity contribution in [2.75, 3.05) is 13.2 Å². The second kappa shape index (κ2) is 10.4. The molecule has 74 valence electrons. The average molecular weight is 178 g/mol. The second-order valence-electron chi connectivity index (χ2n) is 2.35. The first kappa shape index (κ1) is 13.9. The molecule has 0 heterocycles. The van der Waals surface area contributed by atoms with Crippen LogP contribution in [0.15, 0.2) is 0 Å². The summed E-state index contributed by atoms with van der Waals surface area (Å²) >= 11 is 0. The van der Waals surface area contributed by atoms with Gasteiger partial charge in [-0.25, -0.2) is 0 Å². The van der Waals surface area contributed by atoms with Gasteiger partial charge in [-0.1, -0.05) is 0 Å². The van der Waals surface area contributed by atoms with Gasteiger partial charge in [0.1, 0.15) is 0 Å². The molecule has 0 aliphatic heterocycles. The summed E-state index contributed by atoms with van der Waals surface area (Å²) in [6, 6.07) is 0. The quantitative estimate of drug-likeness (QED) is 0.627. The molecule has 0 spiro atoms. The highest BCUT2D eigenvalue weighted by atomic mass is 16.5. The van der Waals surface area contributed by atoms with Crippen molar-refractivity contribution in [2.24, 2.45) is 0 Å². The van der Waals surface area contributed by atoms with E-state index in [1.165, 1.54) is 0 Å². The van der Waals surface area contributed by atoms with Gasteiger partial charge in [0, 0.05) is 20.1 Å². The van der Waals surface area contributed by atoms with Gasteiger partial charge >= 0.3 is 0 Å². The SMILES string of the molecule is CC(=O)O.CCOCCC(C)O. The van der Waals surface area contributed by atoms with E-state index >= 15 is 0 Å². The van der Waals surface area contributed by atoms with Crippen LogP contribution in [0.3, 0.4) is 0 Å². The van der Waals surface area contributed by atoms with Crippen LogP contribution >= 0.6 is 0 Å². The van der Waals surface area contributed by atoms with Gasteiger partial charge in [-0.05, 0) is 20.3 Å². The Balaban J connectivity index is 0. The van der Waals surface area contributed by atoms with E-state index in [2.05, 4.69) is 0 Å². The van der Waals surface area contributed by atoms with Crippen molar-refractivity contribution in [3.05, 3.63) is 0 Å². The van der Waals surface area contributed by atoms with Gasteiger partial charge in [-0.2, -0.15) is 0 Å². The lowest BCUT2D eigenvalue weighted by Gasteiger charge is -2.01. The van der Waals surface area contributed by atoms with Gasteiger partial charge in [-0.3, -0.25) is 4.79 Å². The van der Waals surface area contributed by atoms with Crippen LogP contribution in [0, 0.1) is 0 Å². The van der Waals surface area contributed by atoms with Crippen LogP contribution in [0.5, 0.6) is 0 Å². The lowest BCUT2D eigenvalue weighted by molar-refractivity contribution is -0.134. The zero-order chi connectivity index (χ0) is 9.98. The van der Waals surface area contributed by atoms with E-state index in [1.807, 2.05) is 6.92 Å². The Kier molecular flexibility index (Phi) is 12.1. The van der Waals surface area contributed by atoms with Crippen molar-refractivity contribution >= 4 is 5.97 Å². The molecule has 0 aliphatic carbocycles. The number of carboxylic acid groups (broad SMARTS) is 1. The van der Waals surface area contributed by atoms with E-state index in [1.54, 1.807) is 6.92 Å². The monoisotopic (exact) mass is 178 g/mol. The maximum atomic E-state index is 9.00. The summed E-state index contributed by atoms with van der Waals surface area (Å²) in [4.78, 5) is 9.00. The summed E-state index contributed by atoms with van der Waals surface area (Å²) < 4.78 is 4.98. The topological polar surface area (TPSA) is 66.8 Å². The van der Waals surface area contributed by atoms with Crippen LogP contribution in [-0.2, 0) is 9.53 Å². The van der Waals surface area contributed by atoms with Crippen molar-refractivity contribution in [1.29, 1.82) is 0 Å². The molecule has 0 radical (unpaired) electrons. The first-order valence-corrected chi connectivity index (χ1v) is 3.96. The number of hydrogen-bond acceptors (Lipinski definition) is 3. The lowest BCUT2D eigenvalue weighted by Crippen LogP contribution is -2.04. The molecule has 0 bridgehead atoms. The zero-order valence-corrected chi connectivity index (χ0v) is 7.91. The highest BCUT2D eigenvalue weighted by Gasteiger charge is 1.92. The highest BCUT2D eigenvalue weighted by Crippen LogP contribution is 1.88. The molecule has 0 fully saturated rings. The van der Waals surface area contributed by atoms with Gasteiger partial charge in [0.15, 0.2) is 0 Å². The molecule has 12 heavy (non-hydrogen) atoms. The van der Waals surface area contributed by atoms with E-state index in [-0.39, 0.29) is 6.10 Å². The molecule has 0 saturated heterocycles. The second-order valence-corrected chi connectivity index (χ2v) is 2.35. The molecule has 0 aliphatic rings. The molecule has 4 nitrogen and oxygen atoms in total. The van der Waals surface area contributed by atoms with Crippen LogP contribution in [-0.4, -0.2) is 35.5 Å². The fourth-order valence-electron chi connectivity index (χ4n) is 0.398. The number of carboxylic acids is 1. The number of rotatable bonds is 4. The van der Waals surface area contributed by atoms with Crippen LogP contribution in [0.1, 0.15) is 27.2 Å². The van der Waals surface area contributed by atoms with Crippen molar-refractivity contribution in [3.8, 4) is 0 Å². The van der Waals surface area contributed by atoms with E-state index in [9.17, 15) is 0 Å². The summed E-state index contributed by atoms with van der Waals surface area (Å²) in [5.74, 6) is -0.833. The normalized spacial score (nSPS) is 11.3. The van der Waals surface area contributed by atoms with Crippen LogP contribution in [0.25, 0.3) is 0 Å². The Hall–Kier alpha value is -0.610. The van der Waals surface area contributed by atoms with Gasteiger partial charge in [-0.15, -0.1) is 0 Å². The summed E-state index contributed by atoms with van der Waals surface area (Å²) in [6.07, 6.45) is 0.523. The Morgan fingerprint density at radius 1 is 1.58 bits per heavy atom. The molecular weight excluding hydrogens is 160 g/mol. The van der Waals surface area contributed by atoms with E-state index in [4.69, 9.17) is 19.7 Å². The third-order valence-electron chi connectivity index (χ3n) is 0.884. The Morgan fingerprint density at radius 3 is 2.25 bits per heavy atom. The maximum absolute atomic E-state index is 9.00. The molecule has 0 amide bonds. The third-order valence-corrected chi connectivity index (χ3v) is 0.884. The average Bonchev–Trinajstić information content (AvgIpc) is 1.86. The van der Waals surface area contributed by atoms with Crippen LogP contribution in [0.2, 0.25) is 0 Å². The molecule has 4 heteroatoms. The molecule has 0 saturated carbocycles. The Labute approximate surface area is 73.2 Å². The summed E-state index contributed by atoms with van der Waals surface area (Å²) in [6.45, 7) is 6.21. The van der Waals surface area contributed by atoms with Crippen molar-refractivity contribution in [1.82, 2.24) is 0 Å². The van der Waals surface area contributed by atoms with E-state index < -0.39 is 5.97 Å². The first-order chi connectivity index (χ1) is 5.50. The smallest absolute Gasteiger partial charge is 0.300 e. The number of ether oxygens (including phenoxy) is 1. The standard InChI is InChI=1S/C6H14O2.C2H4O2/c1-3-8-5-4-6(2)7;1-2(3)4/h6-7H,3-5H2,1-2H3;1H3,(H,3,4). The maximum Gasteiger partial charge on any atom is 0.300 e.